The largest absolute Gasteiger partial charge is 0.491 e. The monoisotopic (exact) mass is 585 g/mol. The van der Waals surface area contributed by atoms with Crippen LogP contribution in [0.2, 0.25) is 0 Å². The number of benzene rings is 1. The summed E-state index contributed by atoms with van der Waals surface area (Å²) >= 11 is 3.73. The molecule has 1 saturated carbocycles. The summed E-state index contributed by atoms with van der Waals surface area (Å²) in [4.78, 5) is 2.64. The molecule has 2 heterocycles. The molecule has 204 valence electrons. The topological polar surface area (TPSA) is 71.1 Å². The molecule has 1 N–H and O–H groups in total. The number of halogens is 1. The molecule has 1 aromatic rings. The molecule has 3 aliphatic rings. The predicted octanol–water partition coefficient (Wildman–Crippen LogP) is 4.61. The predicted molar refractivity (Wildman–Crippen MR) is 148 cm³/mol. The Bertz CT molecular complexity index is 923. The molecule has 7 nitrogen and oxygen atoms in total. The van der Waals surface area contributed by atoms with E-state index in [2.05, 4.69) is 51.5 Å². The van der Waals surface area contributed by atoms with Gasteiger partial charge in [0.05, 0.1) is 19.3 Å². The zero-order valence-electron chi connectivity index (χ0n) is 22.0. The van der Waals surface area contributed by atoms with Crippen molar-refractivity contribution in [3.05, 3.63) is 28.2 Å². The van der Waals surface area contributed by atoms with Gasteiger partial charge in [-0.25, -0.2) is 0 Å². The van der Waals surface area contributed by atoms with Crippen LogP contribution in [0.5, 0.6) is 5.75 Å². The van der Waals surface area contributed by atoms with Crippen molar-refractivity contribution >= 4 is 26.1 Å². The standard InChI is InChI=1S/C27H44BrN3O4S/c1-21(2)35-26-7-8-27(28)24(20-26)19-23-10-13-30(14-11-23)12-9-22-3-5-25(6-4-22)29-36(32,33)31-15-17-34-18-16-31/h7-8,20-23,25,29H,3-6,9-19H2,1-2H3. The lowest BCUT2D eigenvalue weighted by atomic mass is 9.84. The summed E-state index contributed by atoms with van der Waals surface area (Å²) in [5, 5.41) is 0. The molecule has 0 aromatic heterocycles. The highest BCUT2D eigenvalue weighted by molar-refractivity contribution is 9.10. The third-order valence-electron chi connectivity index (χ3n) is 7.93. The average Bonchev–Trinajstić information content (AvgIpc) is 2.86. The molecule has 0 bridgehead atoms. The van der Waals surface area contributed by atoms with Gasteiger partial charge in [0.25, 0.3) is 10.2 Å². The number of hydrogen-bond acceptors (Lipinski definition) is 5. The smallest absolute Gasteiger partial charge is 0.279 e. The minimum atomic E-state index is -3.38. The first kappa shape index (κ1) is 28.3. The third kappa shape index (κ3) is 8.40. The summed E-state index contributed by atoms with van der Waals surface area (Å²) in [7, 11) is -3.38. The van der Waals surface area contributed by atoms with Gasteiger partial charge in [0, 0.05) is 23.6 Å². The van der Waals surface area contributed by atoms with Crippen LogP contribution in [0.15, 0.2) is 22.7 Å². The van der Waals surface area contributed by atoms with Gasteiger partial charge in [0.15, 0.2) is 0 Å². The van der Waals surface area contributed by atoms with E-state index in [9.17, 15) is 8.42 Å². The van der Waals surface area contributed by atoms with Gasteiger partial charge < -0.3 is 14.4 Å². The van der Waals surface area contributed by atoms with Crippen molar-refractivity contribution in [1.82, 2.24) is 13.9 Å². The quantitative estimate of drug-likeness (QED) is 0.434. The lowest BCUT2D eigenvalue weighted by molar-refractivity contribution is 0.0721. The van der Waals surface area contributed by atoms with Crippen molar-refractivity contribution in [3.8, 4) is 5.75 Å². The Morgan fingerprint density at radius 2 is 1.72 bits per heavy atom. The number of piperidine rings is 1. The molecule has 0 atom stereocenters. The zero-order valence-corrected chi connectivity index (χ0v) is 24.4. The number of nitrogens with zero attached hydrogens (tertiary/aromatic N) is 2. The first-order chi connectivity index (χ1) is 17.3. The molecule has 3 fully saturated rings. The summed E-state index contributed by atoms with van der Waals surface area (Å²) in [5.41, 5.74) is 1.35. The second-order valence-corrected chi connectivity index (χ2v) is 13.6. The normalized spacial score (nSPS) is 25.3. The van der Waals surface area contributed by atoms with Crippen LogP contribution in [-0.4, -0.2) is 75.7 Å². The van der Waals surface area contributed by atoms with Crippen molar-refractivity contribution < 1.29 is 17.9 Å². The fourth-order valence-corrected chi connectivity index (χ4v) is 7.63. The number of hydrogen-bond donors (Lipinski definition) is 1. The maximum Gasteiger partial charge on any atom is 0.279 e. The minimum absolute atomic E-state index is 0.0774. The van der Waals surface area contributed by atoms with Gasteiger partial charge in [-0.3, -0.25) is 0 Å². The Balaban J connectivity index is 1.13. The van der Waals surface area contributed by atoms with Crippen LogP contribution in [0.1, 0.15) is 64.4 Å². The molecule has 0 unspecified atom stereocenters. The number of likely N-dealkylation sites (tertiary alicyclic amines) is 1. The highest BCUT2D eigenvalue weighted by atomic mass is 79.9. The van der Waals surface area contributed by atoms with E-state index >= 15 is 0 Å². The fraction of sp³-hybridized carbons (Fsp3) is 0.778. The third-order valence-corrected chi connectivity index (χ3v) is 10.4. The Morgan fingerprint density at radius 1 is 1.03 bits per heavy atom. The second kappa shape index (κ2) is 13.4. The van der Waals surface area contributed by atoms with E-state index in [0.29, 0.717) is 32.2 Å². The minimum Gasteiger partial charge on any atom is -0.491 e. The van der Waals surface area contributed by atoms with E-state index in [1.54, 1.807) is 0 Å². The van der Waals surface area contributed by atoms with Crippen LogP contribution in [0.4, 0.5) is 0 Å². The molecule has 1 aromatic carbocycles. The Kier molecular flexibility index (Phi) is 10.5. The number of rotatable bonds is 10. The summed E-state index contributed by atoms with van der Waals surface area (Å²) in [5.74, 6) is 2.40. The zero-order chi connectivity index (χ0) is 25.5. The Labute approximate surface area is 226 Å². The van der Waals surface area contributed by atoms with Crippen LogP contribution >= 0.6 is 15.9 Å². The Hall–Kier alpha value is -0.710. The summed E-state index contributed by atoms with van der Waals surface area (Å²) in [6, 6.07) is 6.44. The van der Waals surface area contributed by atoms with Gasteiger partial charge in [-0.2, -0.15) is 17.4 Å². The lowest BCUT2D eigenvalue weighted by Gasteiger charge is -2.35. The maximum absolute atomic E-state index is 12.6. The van der Waals surface area contributed by atoms with Crippen molar-refractivity contribution in [3.63, 3.8) is 0 Å². The van der Waals surface area contributed by atoms with E-state index < -0.39 is 10.2 Å². The van der Waals surface area contributed by atoms with E-state index in [-0.39, 0.29) is 12.1 Å². The van der Waals surface area contributed by atoms with E-state index in [1.807, 2.05) is 6.07 Å². The first-order valence-corrected chi connectivity index (χ1v) is 16.0. The SMILES string of the molecule is CC(C)Oc1ccc(Br)c(CC2CCN(CCC3CCC(NS(=O)(=O)N4CCOCC4)CC3)CC2)c1. The van der Waals surface area contributed by atoms with E-state index in [0.717, 1.165) is 43.8 Å². The fourth-order valence-electron chi connectivity index (χ4n) is 5.78. The molecule has 2 aliphatic heterocycles. The van der Waals surface area contributed by atoms with Crippen LogP contribution in [0.25, 0.3) is 0 Å². The molecule has 0 amide bonds. The summed E-state index contributed by atoms with van der Waals surface area (Å²) in [6.45, 7) is 9.55. The molecular formula is C27H44BrN3O4S. The van der Waals surface area contributed by atoms with Crippen LogP contribution in [0.3, 0.4) is 0 Å². The van der Waals surface area contributed by atoms with E-state index in [4.69, 9.17) is 9.47 Å². The Morgan fingerprint density at radius 3 is 2.39 bits per heavy atom. The van der Waals surface area contributed by atoms with Gasteiger partial charge in [-0.1, -0.05) is 15.9 Å². The van der Waals surface area contributed by atoms with Gasteiger partial charge >= 0.3 is 0 Å². The highest BCUT2D eigenvalue weighted by Crippen LogP contribution is 2.31. The number of nitrogens with one attached hydrogen (secondary N) is 1. The molecule has 1 aliphatic carbocycles. The lowest BCUT2D eigenvalue weighted by Crippen LogP contribution is -2.50. The van der Waals surface area contributed by atoms with Gasteiger partial charge in [-0.15, -0.1) is 0 Å². The van der Waals surface area contributed by atoms with Crippen LogP contribution in [-0.2, 0) is 21.4 Å². The number of ether oxygens (including phenoxy) is 2. The molecule has 2 saturated heterocycles. The second-order valence-electron chi connectivity index (χ2n) is 11.0. The first-order valence-electron chi connectivity index (χ1n) is 13.8. The van der Waals surface area contributed by atoms with Crippen molar-refractivity contribution in [2.45, 2.75) is 77.4 Å². The van der Waals surface area contributed by atoms with Crippen LogP contribution in [0, 0.1) is 11.8 Å². The van der Waals surface area contributed by atoms with Crippen LogP contribution < -0.4 is 9.46 Å². The average molecular weight is 587 g/mol. The highest BCUT2D eigenvalue weighted by Gasteiger charge is 2.30. The summed E-state index contributed by atoms with van der Waals surface area (Å²) in [6.07, 6.45) is 9.16. The maximum atomic E-state index is 12.6. The van der Waals surface area contributed by atoms with Crippen molar-refractivity contribution in [1.29, 1.82) is 0 Å². The molecular weight excluding hydrogens is 542 g/mol. The van der Waals surface area contributed by atoms with Gasteiger partial charge in [-0.05, 0) is 120 Å². The van der Waals surface area contributed by atoms with E-state index in [1.165, 1.54) is 53.2 Å². The summed E-state index contributed by atoms with van der Waals surface area (Å²) < 4.78 is 42.1. The molecule has 4 rings (SSSR count). The molecule has 36 heavy (non-hydrogen) atoms. The van der Waals surface area contributed by atoms with Gasteiger partial charge in [0.1, 0.15) is 5.75 Å². The molecule has 9 heteroatoms. The van der Waals surface area contributed by atoms with Crippen molar-refractivity contribution in [2.24, 2.45) is 11.8 Å². The van der Waals surface area contributed by atoms with Gasteiger partial charge in [0.2, 0.25) is 0 Å². The molecule has 0 radical (unpaired) electrons. The van der Waals surface area contributed by atoms with Crippen molar-refractivity contribution in [2.75, 3.05) is 45.9 Å². The molecule has 0 spiro atoms. The number of morpholine rings is 1.